The molecule has 1 aromatic heterocycles. The van der Waals surface area contributed by atoms with E-state index in [1.165, 1.54) is 13.2 Å². The van der Waals surface area contributed by atoms with Crippen LogP contribution in [0.15, 0.2) is 46.9 Å². The highest BCUT2D eigenvalue weighted by atomic mass is 35.5. The van der Waals surface area contributed by atoms with Crippen molar-refractivity contribution >= 4 is 40.9 Å². The maximum atomic E-state index is 12.2. The van der Waals surface area contributed by atoms with Crippen molar-refractivity contribution in [3.8, 4) is 5.75 Å². The molecule has 0 fully saturated rings. The van der Waals surface area contributed by atoms with E-state index in [0.29, 0.717) is 28.7 Å². The largest absolute Gasteiger partial charge is 0.495 e. The average molecular weight is 423 g/mol. The van der Waals surface area contributed by atoms with Crippen molar-refractivity contribution < 1.29 is 14.3 Å². The molecule has 0 saturated carbocycles. The van der Waals surface area contributed by atoms with Crippen LogP contribution in [-0.4, -0.2) is 41.2 Å². The normalized spacial score (nSPS) is 10.2. The Morgan fingerprint density at radius 2 is 2.14 bits per heavy atom. The van der Waals surface area contributed by atoms with Gasteiger partial charge in [0.1, 0.15) is 5.75 Å². The summed E-state index contributed by atoms with van der Waals surface area (Å²) >= 11 is 6.98. The summed E-state index contributed by atoms with van der Waals surface area (Å²) in [6.07, 6.45) is 1.51. The molecule has 0 radical (unpaired) electrons. The number of thioether (sulfide) groups is 1. The first-order valence-electron chi connectivity index (χ1n) is 8.15. The van der Waals surface area contributed by atoms with Crippen LogP contribution in [0.4, 0.5) is 5.69 Å². The minimum Gasteiger partial charge on any atom is -0.495 e. The van der Waals surface area contributed by atoms with Gasteiger partial charge in [0.05, 0.1) is 30.7 Å². The molecule has 0 bridgehead atoms. The molecular formula is C18H19ClN4O4S. The lowest BCUT2D eigenvalue weighted by molar-refractivity contribution is -0.120. The van der Waals surface area contributed by atoms with Crippen LogP contribution in [0.1, 0.15) is 5.69 Å². The third-order valence-electron chi connectivity index (χ3n) is 3.33. The third kappa shape index (κ3) is 6.75. The zero-order chi connectivity index (χ0) is 20.5. The van der Waals surface area contributed by atoms with Crippen LogP contribution in [0.5, 0.6) is 5.75 Å². The Balaban J connectivity index is 1.99. The highest BCUT2D eigenvalue weighted by Gasteiger charge is 2.11. The molecule has 0 aliphatic carbocycles. The van der Waals surface area contributed by atoms with E-state index in [4.69, 9.17) is 16.3 Å². The van der Waals surface area contributed by atoms with Gasteiger partial charge in [0.2, 0.25) is 11.8 Å². The Hall–Kier alpha value is -2.78. The van der Waals surface area contributed by atoms with Crippen molar-refractivity contribution in [2.24, 2.45) is 0 Å². The summed E-state index contributed by atoms with van der Waals surface area (Å²) < 4.78 is 5.18. The molecular weight excluding hydrogens is 404 g/mol. The van der Waals surface area contributed by atoms with Crippen molar-refractivity contribution in [3.05, 3.63) is 58.0 Å². The van der Waals surface area contributed by atoms with Gasteiger partial charge in [-0.1, -0.05) is 29.4 Å². The second kappa shape index (κ2) is 10.5. The van der Waals surface area contributed by atoms with Gasteiger partial charge in [0.15, 0.2) is 5.16 Å². The number of amides is 2. The molecule has 0 spiro atoms. The molecule has 0 atom stereocenters. The SMILES string of the molecule is C=CCNC(=O)Cc1cc(=O)[nH]c(SCC(=O)Nc2cc(Cl)ccc2OC)n1. The van der Waals surface area contributed by atoms with Crippen molar-refractivity contribution in [1.82, 2.24) is 15.3 Å². The minimum absolute atomic E-state index is 0.00920. The quantitative estimate of drug-likeness (QED) is 0.323. The zero-order valence-electron chi connectivity index (χ0n) is 15.1. The summed E-state index contributed by atoms with van der Waals surface area (Å²) in [4.78, 5) is 42.5. The highest BCUT2D eigenvalue weighted by molar-refractivity contribution is 7.99. The topological polar surface area (TPSA) is 113 Å². The van der Waals surface area contributed by atoms with E-state index in [0.717, 1.165) is 11.8 Å². The molecule has 148 valence electrons. The van der Waals surface area contributed by atoms with Gasteiger partial charge in [-0.2, -0.15) is 0 Å². The summed E-state index contributed by atoms with van der Waals surface area (Å²) in [5.41, 5.74) is 0.348. The summed E-state index contributed by atoms with van der Waals surface area (Å²) in [7, 11) is 1.49. The number of hydrogen-bond acceptors (Lipinski definition) is 6. The van der Waals surface area contributed by atoms with Crippen molar-refractivity contribution in [2.75, 3.05) is 24.7 Å². The molecule has 0 aliphatic rings. The third-order valence-corrected chi connectivity index (χ3v) is 4.44. The standard InChI is InChI=1S/C18H19ClN4O4S/c1-3-6-20-15(24)8-12-9-16(25)23-18(21-12)28-10-17(26)22-13-7-11(19)4-5-14(13)27-2/h3-5,7,9H,1,6,8,10H2,2H3,(H,20,24)(H,22,26)(H,21,23,25). The summed E-state index contributed by atoms with van der Waals surface area (Å²) in [5, 5.41) is 6.00. The van der Waals surface area contributed by atoms with Crippen LogP contribution in [-0.2, 0) is 16.0 Å². The maximum absolute atomic E-state index is 12.2. The first-order valence-corrected chi connectivity index (χ1v) is 9.51. The molecule has 0 unspecified atom stereocenters. The number of carbonyl (C=O) groups is 2. The number of ether oxygens (including phenoxy) is 1. The van der Waals surface area contributed by atoms with Crippen LogP contribution >= 0.6 is 23.4 Å². The summed E-state index contributed by atoms with van der Waals surface area (Å²) in [6.45, 7) is 3.84. The minimum atomic E-state index is -0.402. The van der Waals surface area contributed by atoms with Gasteiger partial charge in [-0.15, -0.1) is 6.58 Å². The number of nitrogens with zero attached hydrogens (tertiary/aromatic N) is 1. The fourth-order valence-electron chi connectivity index (χ4n) is 2.15. The Labute approximate surface area is 170 Å². The first kappa shape index (κ1) is 21.5. The number of benzene rings is 1. The molecule has 0 aliphatic heterocycles. The Morgan fingerprint density at radius 3 is 2.86 bits per heavy atom. The van der Waals surface area contributed by atoms with Gasteiger partial charge in [-0.3, -0.25) is 14.4 Å². The lowest BCUT2D eigenvalue weighted by Crippen LogP contribution is -2.26. The van der Waals surface area contributed by atoms with Crippen LogP contribution in [0.2, 0.25) is 5.02 Å². The number of anilines is 1. The number of aromatic amines is 1. The van der Waals surface area contributed by atoms with Gasteiger partial charge in [-0.05, 0) is 18.2 Å². The first-order chi connectivity index (χ1) is 13.4. The van der Waals surface area contributed by atoms with Crippen LogP contribution in [0.3, 0.4) is 0 Å². The number of hydrogen-bond donors (Lipinski definition) is 3. The van der Waals surface area contributed by atoms with E-state index in [1.807, 2.05) is 0 Å². The fraction of sp³-hybridized carbons (Fsp3) is 0.222. The van der Waals surface area contributed by atoms with Crippen molar-refractivity contribution in [1.29, 1.82) is 0 Å². The zero-order valence-corrected chi connectivity index (χ0v) is 16.7. The molecule has 2 amide bonds. The predicted octanol–water partition coefficient (Wildman–Crippen LogP) is 2.01. The molecule has 28 heavy (non-hydrogen) atoms. The lowest BCUT2D eigenvalue weighted by Gasteiger charge is -2.10. The molecule has 3 N–H and O–H groups in total. The van der Waals surface area contributed by atoms with Crippen molar-refractivity contribution in [2.45, 2.75) is 11.6 Å². The second-order valence-corrected chi connectivity index (χ2v) is 6.89. The van der Waals surface area contributed by atoms with Gasteiger partial charge >= 0.3 is 0 Å². The Morgan fingerprint density at radius 1 is 1.36 bits per heavy atom. The summed E-state index contributed by atoms with van der Waals surface area (Å²) in [5.74, 6) is -0.144. The number of methoxy groups -OCH3 is 1. The van der Waals surface area contributed by atoms with Crippen molar-refractivity contribution in [3.63, 3.8) is 0 Å². The van der Waals surface area contributed by atoms with Crippen LogP contribution < -0.4 is 20.9 Å². The number of H-pyrrole nitrogens is 1. The van der Waals surface area contributed by atoms with E-state index in [9.17, 15) is 14.4 Å². The number of nitrogens with one attached hydrogen (secondary N) is 3. The Bertz CT molecular complexity index is 932. The van der Waals surface area contributed by atoms with Gasteiger partial charge in [0.25, 0.3) is 5.56 Å². The molecule has 1 aromatic carbocycles. The lowest BCUT2D eigenvalue weighted by atomic mass is 10.3. The number of aromatic nitrogens is 2. The molecule has 1 heterocycles. The van der Waals surface area contributed by atoms with Crippen LogP contribution in [0.25, 0.3) is 0 Å². The number of halogens is 1. The Kier molecular flexibility index (Phi) is 8.09. The number of rotatable bonds is 9. The molecule has 10 heteroatoms. The van der Waals surface area contributed by atoms with Gasteiger partial charge in [-0.25, -0.2) is 4.98 Å². The van der Waals surface area contributed by atoms with Crippen LogP contribution in [0, 0.1) is 0 Å². The molecule has 2 aromatic rings. The van der Waals surface area contributed by atoms with E-state index >= 15 is 0 Å². The van der Waals surface area contributed by atoms with Gasteiger partial charge in [0, 0.05) is 17.6 Å². The second-order valence-electron chi connectivity index (χ2n) is 5.49. The van der Waals surface area contributed by atoms with E-state index in [2.05, 4.69) is 27.2 Å². The van der Waals surface area contributed by atoms with Gasteiger partial charge < -0.3 is 20.4 Å². The maximum Gasteiger partial charge on any atom is 0.251 e. The molecule has 0 saturated heterocycles. The fourth-order valence-corrected chi connectivity index (χ4v) is 3.02. The molecule has 8 nitrogen and oxygen atoms in total. The summed E-state index contributed by atoms with van der Waals surface area (Å²) in [6, 6.07) is 6.11. The monoisotopic (exact) mass is 422 g/mol. The highest BCUT2D eigenvalue weighted by Crippen LogP contribution is 2.27. The average Bonchev–Trinajstić information content (AvgIpc) is 2.64. The smallest absolute Gasteiger partial charge is 0.251 e. The van der Waals surface area contributed by atoms with E-state index < -0.39 is 5.56 Å². The predicted molar refractivity (Wildman–Crippen MR) is 109 cm³/mol. The van der Waals surface area contributed by atoms with E-state index in [1.54, 1.807) is 24.3 Å². The van der Waals surface area contributed by atoms with E-state index in [-0.39, 0.29) is 29.1 Å². The number of carbonyl (C=O) groups excluding carboxylic acids is 2. The molecule has 2 rings (SSSR count).